The van der Waals surface area contributed by atoms with Crippen molar-refractivity contribution in [2.24, 2.45) is 5.92 Å². The van der Waals surface area contributed by atoms with Crippen molar-refractivity contribution in [1.29, 1.82) is 0 Å². The molecule has 108 valence electrons. The molecule has 0 spiro atoms. The molecule has 1 heterocycles. The van der Waals surface area contributed by atoms with Gasteiger partial charge in [0.1, 0.15) is 0 Å². The molecule has 0 bridgehead atoms. The highest BCUT2D eigenvalue weighted by molar-refractivity contribution is 6.21. The van der Waals surface area contributed by atoms with E-state index in [4.69, 9.17) is 9.47 Å². The molecule has 6 nitrogen and oxygen atoms in total. The molecule has 1 aromatic rings. The summed E-state index contributed by atoms with van der Waals surface area (Å²) in [4.78, 5) is 39.8. The maximum Gasteiger partial charge on any atom is 0.328 e. The Labute approximate surface area is 117 Å². The van der Waals surface area contributed by atoms with Crippen molar-refractivity contribution in [3.05, 3.63) is 29.6 Å². The molecule has 1 rings (SSSR count). The summed E-state index contributed by atoms with van der Waals surface area (Å²) in [6.07, 6.45) is 2.85. The fraction of sp³-hybridized carbons (Fsp3) is 0.429. The molecule has 0 N–H and O–H groups in total. The van der Waals surface area contributed by atoms with Crippen LogP contribution in [0.5, 0.6) is 0 Å². The third-order valence-electron chi connectivity index (χ3n) is 2.61. The van der Waals surface area contributed by atoms with Gasteiger partial charge < -0.3 is 9.47 Å². The molecule has 0 amide bonds. The molecule has 0 aliphatic rings. The number of hydrogen-bond acceptors (Lipinski definition) is 6. The highest BCUT2D eigenvalue weighted by atomic mass is 16.6. The molecular formula is C14H17NO5. The Bertz CT molecular complexity index is 494. The third-order valence-corrected chi connectivity index (χ3v) is 2.61. The van der Waals surface area contributed by atoms with Gasteiger partial charge in [-0.1, -0.05) is 0 Å². The Balaban J connectivity index is 3.10. The van der Waals surface area contributed by atoms with E-state index in [1.165, 1.54) is 12.4 Å². The first-order valence-corrected chi connectivity index (χ1v) is 6.31. The van der Waals surface area contributed by atoms with Crippen molar-refractivity contribution in [1.82, 2.24) is 4.98 Å². The topological polar surface area (TPSA) is 82.6 Å². The maximum atomic E-state index is 12.4. The second kappa shape index (κ2) is 7.37. The van der Waals surface area contributed by atoms with E-state index in [-0.39, 0.29) is 18.8 Å². The van der Waals surface area contributed by atoms with Crippen molar-refractivity contribution in [2.75, 3.05) is 13.2 Å². The lowest BCUT2D eigenvalue weighted by atomic mass is 9.96. The normalized spacial score (nSPS) is 10.2. The van der Waals surface area contributed by atoms with Crippen LogP contribution in [0.2, 0.25) is 0 Å². The molecule has 0 saturated heterocycles. The smallest absolute Gasteiger partial charge is 0.328 e. The fourth-order valence-corrected chi connectivity index (χ4v) is 1.64. The van der Waals surface area contributed by atoms with Crippen LogP contribution in [-0.4, -0.2) is 35.9 Å². The summed E-state index contributed by atoms with van der Waals surface area (Å²) in [7, 11) is 0. The first-order valence-electron chi connectivity index (χ1n) is 6.31. The highest BCUT2D eigenvalue weighted by Crippen LogP contribution is 2.15. The standard InChI is InChI=1S/C14H17NO5/c1-4-19-13(17)11(14(18)20-5-2)12(16)10-8-15-7-6-9(10)3/h6-8,11H,4-5H2,1-3H3. The van der Waals surface area contributed by atoms with Crippen LogP contribution in [0.15, 0.2) is 18.5 Å². The van der Waals surface area contributed by atoms with Crippen LogP contribution in [0.1, 0.15) is 29.8 Å². The number of nitrogens with zero attached hydrogens (tertiary/aromatic N) is 1. The van der Waals surface area contributed by atoms with Crippen LogP contribution in [-0.2, 0) is 19.1 Å². The zero-order chi connectivity index (χ0) is 15.1. The Morgan fingerprint density at radius 1 is 1.15 bits per heavy atom. The molecule has 0 saturated carbocycles. The van der Waals surface area contributed by atoms with Gasteiger partial charge in [-0.15, -0.1) is 0 Å². The van der Waals surface area contributed by atoms with E-state index in [2.05, 4.69) is 4.98 Å². The highest BCUT2D eigenvalue weighted by Gasteiger charge is 2.38. The molecule has 0 aromatic carbocycles. The maximum absolute atomic E-state index is 12.4. The third kappa shape index (κ3) is 3.63. The van der Waals surface area contributed by atoms with Crippen LogP contribution in [0.3, 0.4) is 0 Å². The minimum atomic E-state index is -1.60. The average Bonchev–Trinajstić information content (AvgIpc) is 2.40. The number of aryl methyl sites for hydroxylation is 1. The zero-order valence-electron chi connectivity index (χ0n) is 11.7. The van der Waals surface area contributed by atoms with Crippen molar-refractivity contribution in [2.45, 2.75) is 20.8 Å². The number of Topliss-reactive ketones (excluding diaryl/α,β-unsaturated/α-hetero) is 1. The second-order valence-corrected chi connectivity index (χ2v) is 3.99. The molecule has 1 aromatic heterocycles. The lowest BCUT2D eigenvalue weighted by molar-refractivity contribution is -0.158. The first kappa shape index (κ1) is 15.8. The number of aromatic nitrogens is 1. The van der Waals surface area contributed by atoms with Gasteiger partial charge in [0, 0.05) is 18.0 Å². The van der Waals surface area contributed by atoms with E-state index in [9.17, 15) is 14.4 Å². The Kier molecular flexibility index (Phi) is 5.83. The number of ether oxygens (including phenoxy) is 2. The minimum Gasteiger partial charge on any atom is -0.465 e. The molecule has 0 unspecified atom stereocenters. The minimum absolute atomic E-state index is 0.0774. The molecular weight excluding hydrogens is 262 g/mol. The van der Waals surface area contributed by atoms with E-state index in [0.717, 1.165) is 0 Å². The summed E-state index contributed by atoms with van der Waals surface area (Å²) in [5.74, 6) is -4.07. The van der Waals surface area contributed by atoms with Crippen molar-refractivity contribution in [3.8, 4) is 0 Å². The van der Waals surface area contributed by atoms with Crippen LogP contribution >= 0.6 is 0 Å². The van der Waals surface area contributed by atoms with E-state index in [1.807, 2.05) is 0 Å². The van der Waals surface area contributed by atoms with Crippen LogP contribution in [0.25, 0.3) is 0 Å². The van der Waals surface area contributed by atoms with Gasteiger partial charge in [0.2, 0.25) is 5.92 Å². The van der Waals surface area contributed by atoms with Crippen LogP contribution in [0.4, 0.5) is 0 Å². The van der Waals surface area contributed by atoms with Crippen molar-refractivity contribution in [3.63, 3.8) is 0 Å². The van der Waals surface area contributed by atoms with E-state index in [1.54, 1.807) is 26.8 Å². The summed E-state index contributed by atoms with van der Waals surface area (Å²) in [6, 6.07) is 1.63. The molecule has 0 radical (unpaired) electrons. The number of ketones is 1. The van der Waals surface area contributed by atoms with Gasteiger partial charge in [0.15, 0.2) is 5.78 Å². The molecule has 20 heavy (non-hydrogen) atoms. The van der Waals surface area contributed by atoms with Gasteiger partial charge in [0.25, 0.3) is 0 Å². The molecule has 0 aliphatic heterocycles. The number of carbonyl (C=O) groups excluding carboxylic acids is 3. The summed E-state index contributed by atoms with van der Waals surface area (Å²) in [5.41, 5.74) is 0.835. The van der Waals surface area contributed by atoms with E-state index in [0.29, 0.717) is 5.56 Å². The summed E-state index contributed by atoms with van der Waals surface area (Å²) in [6.45, 7) is 5.05. The van der Waals surface area contributed by atoms with Crippen LogP contribution in [0, 0.1) is 12.8 Å². The van der Waals surface area contributed by atoms with Crippen molar-refractivity contribution < 1.29 is 23.9 Å². The zero-order valence-corrected chi connectivity index (χ0v) is 11.7. The van der Waals surface area contributed by atoms with Gasteiger partial charge in [0.05, 0.1) is 13.2 Å². The number of hydrogen-bond donors (Lipinski definition) is 0. The monoisotopic (exact) mass is 279 g/mol. The fourth-order valence-electron chi connectivity index (χ4n) is 1.64. The molecule has 0 fully saturated rings. The SMILES string of the molecule is CCOC(=O)C(C(=O)OCC)C(=O)c1cnccc1C. The van der Waals surface area contributed by atoms with Crippen molar-refractivity contribution >= 4 is 17.7 Å². The summed E-state index contributed by atoms with van der Waals surface area (Å²) >= 11 is 0. The van der Waals surface area contributed by atoms with Gasteiger partial charge in [-0.2, -0.15) is 0 Å². The second-order valence-electron chi connectivity index (χ2n) is 3.99. The molecule has 0 atom stereocenters. The number of pyridine rings is 1. The number of esters is 2. The van der Waals surface area contributed by atoms with Gasteiger partial charge >= 0.3 is 11.9 Å². The number of rotatable bonds is 6. The molecule has 0 aliphatic carbocycles. The lowest BCUT2D eigenvalue weighted by Gasteiger charge is -2.14. The Morgan fingerprint density at radius 2 is 1.70 bits per heavy atom. The quantitative estimate of drug-likeness (QED) is 0.443. The average molecular weight is 279 g/mol. The largest absolute Gasteiger partial charge is 0.465 e. The van der Waals surface area contributed by atoms with Gasteiger partial charge in [-0.3, -0.25) is 19.4 Å². The van der Waals surface area contributed by atoms with Crippen LogP contribution < -0.4 is 0 Å². The first-order chi connectivity index (χ1) is 9.52. The molecule has 6 heteroatoms. The Morgan fingerprint density at radius 3 is 2.15 bits per heavy atom. The van der Waals surface area contributed by atoms with Gasteiger partial charge in [-0.25, -0.2) is 0 Å². The predicted octanol–water partition coefficient (Wildman–Crippen LogP) is 1.32. The predicted molar refractivity (Wildman–Crippen MR) is 70.1 cm³/mol. The summed E-state index contributed by atoms with van der Waals surface area (Å²) in [5, 5.41) is 0. The van der Waals surface area contributed by atoms with E-state index >= 15 is 0 Å². The Hall–Kier alpha value is -2.24. The lowest BCUT2D eigenvalue weighted by Crippen LogP contribution is -2.35. The summed E-state index contributed by atoms with van der Waals surface area (Å²) < 4.78 is 9.55. The number of carbonyl (C=O) groups is 3. The van der Waals surface area contributed by atoms with E-state index < -0.39 is 23.6 Å². The van der Waals surface area contributed by atoms with Gasteiger partial charge in [-0.05, 0) is 32.4 Å².